The monoisotopic (exact) mass is 279 g/mol. The van der Waals surface area contributed by atoms with Crippen molar-refractivity contribution in [1.29, 1.82) is 0 Å². The second kappa shape index (κ2) is 5.47. The predicted molar refractivity (Wildman–Crippen MR) is 75.2 cm³/mol. The Morgan fingerprint density at radius 2 is 2.16 bits per heavy atom. The molecule has 1 amide bonds. The fraction of sp³-hybridized carbons (Fsp3) is 0.571. The summed E-state index contributed by atoms with van der Waals surface area (Å²) in [5.74, 6) is 1.08. The van der Waals surface area contributed by atoms with Crippen molar-refractivity contribution in [2.45, 2.75) is 44.2 Å². The molecule has 2 bridgehead atoms. The molecule has 0 aliphatic carbocycles. The highest BCUT2D eigenvalue weighted by Gasteiger charge is 2.34. The van der Waals surface area contributed by atoms with Crippen molar-refractivity contribution in [3.8, 4) is 0 Å². The number of carbonyl (C=O) groups is 1. The standard InChI is InChI=1S/C14H18ClN3O/c15-10-3-4-16-13(8-10)18-14(19)7-9-5-11-1-2-12(6-9)17-11/h3-4,8-9,11-12,17H,1-2,5-7H2,(H,16,18,19). The van der Waals surface area contributed by atoms with Crippen LogP contribution in [-0.2, 0) is 4.79 Å². The molecule has 2 unspecified atom stereocenters. The number of rotatable bonds is 3. The third-order valence-electron chi connectivity index (χ3n) is 4.03. The summed E-state index contributed by atoms with van der Waals surface area (Å²) in [7, 11) is 0. The zero-order chi connectivity index (χ0) is 13.2. The van der Waals surface area contributed by atoms with E-state index < -0.39 is 0 Å². The van der Waals surface area contributed by atoms with Crippen molar-refractivity contribution in [1.82, 2.24) is 10.3 Å². The maximum Gasteiger partial charge on any atom is 0.225 e. The topological polar surface area (TPSA) is 54.0 Å². The first kappa shape index (κ1) is 12.9. The second-order valence-electron chi connectivity index (χ2n) is 5.59. The minimum atomic E-state index is 0.0427. The summed E-state index contributed by atoms with van der Waals surface area (Å²) in [4.78, 5) is 16.1. The van der Waals surface area contributed by atoms with Gasteiger partial charge in [0, 0.05) is 29.7 Å². The molecule has 4 nitrogen and oxygen atoms in total. The molecular formula is C14H18ClN3O. The molecule has 5 heteroatoms. The van der Waals surface area contributed by atoms with Crippen molar-refractivity contribution >= 4 is 23.3 Å². The highest BCUT2D eigenvalue weighted by Crippen LogP contribution is 2.32. The summed E-state index contributed by atoms with van der Waals surface area (Å²) >= 11 is 5.87. The average molecular weight is 280 g/mol. The number of nitrogens with one attached hydrogen (secondary N) is 2. The Balaban J connectivity index is 1.54. The van der Waals surface area contributed by atoms with Crippen molar-refractivity contribution in [3.05, 3.63) is 23.4 Å². The van der Waals surface area contributed by atoms with Gasteiger partial charge in [0.1, 0.15) is 5.82 Å². The van der Waals surface area contributed by atoms with Gasteiger partial charge in [-0.3, -0.25) is 4.79 Å². The lowest BCUT2D eigenvalue weighted by Gasteiger charge is -2.28. The van der Waals surface area contributed by atoms with Gasteiger partial charge >= 0.3 is 0 Å². The summed E-state index contributed by atoms with van der Waals surface area (Å²) in [6.07, 6.45) is 6.95. The smallest absolute Gasteiger partial charge is 0.225 e. The zero-order valence-corrected chi connectivity index (χ0v) is 11.5. The van der Waals surface area contributed by atoms with E-state index in [0.29, 0.717) is 35.3 Å². The molecule has 102 valence electrons. The van der Waals surface area contributed by atoms with E-state index in [2.05, 4.69) is 15.6 Å². The van der Waals surface area contributed by atoms with E-state index in [1.54, 1.807) is 18.3 Å². The molecule has 0 radical (unpaired) electrons. The maximum atomic E-state index is 12.0. The molecule has 19 heavy (non-hydrogen) atoms. The van der Waals surface area contributed by atoms with Gasteiger partial charge in [0.05, 0.1) is 0 Å². The summed E-state index contributed by atoms with van der Waals surface area (Å²) in [6, 6.07) is 4.62. The molecule has 2 saturated heterocycles. The normalized spacial score (nSPS) is 29.2. The van der Waals surface area contributed by atoms with Gasteiger partial charge in [-0.05, 0) is 43.7 Å². The van der Waals surface area contributed by atoms with Gasteiger partial charge in [-0.1, -0.05) is 11.6 Å². The van der Waals surface area contributed by atoms with Gasteiger partial charge < -0.3 is 10.6 Å². The van der Waals surface area contributed by atoms with Crippen molar-refractivity contribution in [2.75, 3.05) is 5.32 Å². The van der Waals surface area contributed by atoms with Crippen LogP contribution in [0, 0.1) is 5.92 Å². The van der Waals surface area contributed by atoms with Gasteiger partial charge in [0.25, 0.3) is 0 Å². The Labute approximate surface area is 117 Å². The van der Waals surface area contributed by atoms with E-state index in [0.717, 1.165) is 12.8 Å². The Morgan fingerprint density at radius 3 is 2.84 bits per heavy atom. The summed E-state index contributed by atoms with van der Waals surface area (Å²) in [5, 5.41) is 7.00. The molecule has 0 saturated carbocycles. The predicted octanol–water partition coefficient (Wildman–Crippen LogP) is 2.59. The fourth-order valence-corrected chi connectivity index (χ4v) is 3.43. The molecule has 2 atom stereocenters. The zero-order valence-electron chi connectivity index (χ0n) is 10.7. The Hall–Kier alpha value is -1.13. The molecule has 0 spiro atoms. The first-order valence-corrected chi connectivity index (χ1v) is 7.24. The summed E-state index contributed by atoms with van der Waals surface area (Å²) in [5.41, 5.74) is 0. The molecule has 2 aliphatic rings. The molecule has 1 aromatic heterocycles. The van der Waals surface area contributed by atoms with Crippen molar-refractivity contribution in [2.24, 2.45) is 5.92 Å². The Morgan fingerprint density at radius 1 is 1.42 bits per heavy atom. The van der Waals surface area contributed by atoms with Crippen LogP contribution in [0.2, 0.25) is 5.02 Å². The number of piperidine rings is 1. The van der Waals surface area contributed by atoms with E-state index in [9.17, 15) is 4.79 Å². The van der Waals surface area contributed by atoms with E-state index >= 15 is 0 Å². The van der Waals surface area contributed by atoms with Crippen LogP contribution in [0.1, 0.15) is 32.1 Å². The highest BCUT2D eigenvalue weighted by atomic mass is 35.5. The fourth-order valence-electron chi connectivity index (χ4n) is 3.27. The number of pyridine rings is 1. The number of anilines is 1. The molecule has 2 aliphatic heterocycles. The average Bonchev–Trinajstić information content (AvgIpc) is 2.68. The van der Waals surface area contributed by atoms with Crippen molar-refractivity contribution in [3.63, 3.8) is 0 Å². The number of nitrogens with zero attached hydrogens (tertiary/aromatic N) is 1. The number of halogens is 1. The summed E-state index contributed by atoms with van der Waals surface area (Å²) < 4.78 is 0. The number of fused-ring (bicyclic) bond motifs is 2. The second-order valence-corrected chi connectivity index (χ2v) is 6.02. The number of amides is 1. The molecular weight excluding hydrogens is 262 g/mol. The van der Waals surface area contributed by atoms with Gasteiger partial charge in [-0.2, -0.15) is 0 Å². The first-order valence-electron chi connectivity index (χ1n) is 6.86. The first-order chi connectivity index (χ1) is 9.19. The highest BCUT2D eigenvalue weighted by molar-refractivity contribution is 6.30. The van der Waals surface area contributed by atoms with Crippen LogP contribution in [-0.4, -0.2) is 23.0 Å². The lowest BCUT2D eigenvalue weighted by Crippen LogP contribution is -2.39. The minimum absolute atomic E-state index is 0.0427. The largest absolute Gasteiger partial charge is 0.311 e. The van der Waals surface area contributed by atoms with E-state index in [1.165, 1.54) is 12.8 Å². The van der Waals surface area contributed by atoms with Crippen LogP contribution in [0.3, 0.4) is 0 Å². The number of carbonyl (C=O) groups excluding carboxylic acids is 1. The van der Waals surface area contributed by atoms with Gasteiger partial charge in [0.2, 0.25) is 5.91 Å². The van der Waals surface area contributed by atoms with Gasteiger partial charge in [0.15, 0.2) is 0 Å². The van der Waals surface area contributed by atoms with Crippen LogP contribution < -0.4 is 10.6 Å². The molecule has 2 fully saturated rings. The molecule has 1 aromatic rings. The van der Waals surface area contributed by atoms with Crippen molar-refractivity contribution < 1.29 is 4.79 Å². The van der Waals surface area contributed by atoms with Crippen LogP contribution in [0.15, 0.2) is 18.3 Å². The van der Waals surface area contributed by atoms with Crippen LogP contribution in [0.5, 0.6) is 0 Å². The lowest BCUT2D eigenvalue weighted by atomic mass is 9.89. The number of hydrogen-bond donors (Lipinski definition) is 2. The molecule has 0 aromatic carbocycles. The number of hydrogen-bond acceptors (Lipinski definition) is 3. The van der Waals surface area contributed by atoms with E-state index in [4.69, 9.17) is 11.6 Å². The van der Waals surface area contributed by atoms with Crippen LogP contribution >= 0.6 is 11.6 Å². The van der Waals surface area contributed by atoms with Gasteiger partial charge in [-0.15, -0.1) is 0 Å². The lowest BCUT2D eigenvalue weighted by molar-refractivity contribution is -0.117. The van der Waals surface area contributed by atoms with Crippen LogP contribution in [0.4, 0.5) is 5.82 Å². The molecule has 3 heterocycles. The maximum absolute atomic E-state index is 12.0. The molecule has 3 rings (SSSR count). The third-order valence-corrected chi connectivity index (χ3v) is 4.27. The van der Waals surface area contributed by atoms with Crippen LogP contribution in [0.25, 0.3) is 0 Å². The SMILES string of the molecule is O=C(CC1CC2CCC(C1)N2)Nc1cc(Cl)ccn1. The summed E-state index contributed by atoms with van der Waals surface area (Å²) in [6.45, 7) is 0. The minimum Gasteiger partial charge on any atom is -0.311 e. The Kier molecular flexibility index (Phi) is 3.71. The van der Waals surface area contributed by atoms with E-state index in [1.807, 2.05) is 0 Å². The van der Waals surface area contributed by atoms with E-state index in [-0.39, 0.29) is 5.91 Å². The Bertz CT molecular complexity index is 468. The van der Waals surface area contributed by atoms with Gasteiger partial charge in [-0.25, -0.2) is 4.98 Å². The third kappa shape index (κ3) is 3.25. The quantitative estimate of drug-likeness (QED) is 0.894. The number of aromatic nitrogens is 1. The molecule has 2 N–H and O–H groups in total.